The number of benzene rings is 1. The van der Waals surface area contributed by atoms with Gasteiger partial charge in [0.05, 0.1) is 17.9 Å². The number of nitrogens with two attached hydrogens (primary N) is 1. The number of hydrogen-bond acceptors (Lipinski definition) is 7. The molecular formula is C24H33FN6O2. The van der Waals surface area contributed by atoms with Crippen LogP contribution in [0.3, 0.4) is 0 Å². The summed E-state index contributed by atoms with van der Waals surface area (Å²) < 4.78 is 18.6. The maximum atomic E-state index is 13.4. The highest BCUT2D eigenvalue weighted by molar-refractivity contribution is 5.75. The first-order valence-electron chi connectivity index (χ1n) is 11.2. The molecule has 0 aliphatic carbocycles. The predicted molar refractivity (Wildman–Crippen MR) is 129 cm³/mol. The number of methoxy groups -OCH3 is 1. The summed E-state index contributed by atoms with van der Waals surface area (Å²) >= 11 is 0. The Balaban J connectivity index is 1.87. The van der Waals surface area contributed by atoms with Gasteiger partial charge in [0.15, 0.2) is 0 Å². The van der Waals surface area contributed by atoms with Gasteiger partial charge in [0.25, 0.3) is 0 Å². The van der Waals surface area contributed by atoms with Crippen LogP contribution in [0.4, 0.5) is 21.8 Å². The lowest BCUT2D eigenvalue weighted by molar-refractivity contribution is -0.121. The van der Waals surface area contributed by atoms with Crippen molar-refractivity contribution in [1.82, 2.24) is 15.3 Å². The van der Waals surface area contributed by atoms with Gasteiger partial charge in [-0.15, -0.1) is 0 Å². The van der Waals surface area contributed by atoms with Gasteiger partial charge in [-0.05, 0) is 37.5 Å². The Kier molecular flexibility index (Phi) is 11.7. The van der Waals surface area contributed by atoms with Gasteiger partial charge in [-0.25, -0.2) is 9.37 Å². The molecule has 0 aliphatic heterocycles. The van der Waals surface area contributed by atoms with Crippen molar-refractivity contribution in [2.45, 2.75) is 45.1 Å². The second-order valence-corrected chi connectivity index (χ2v) is 7.41. The Labute approximate surface area is 194 Å². The summed E-state index contributed by atoms with van der Waals surface area (Å²) in [4.78, 5) is 20.6. The predicted octanol–water partition coefficient (Wildman–Crippen LogP) is 3.18. The fraction of sp³-hybridized carbons (Fsp3) is 0.458. The third-order valence-electron chi connectivity index (χ3n) is 4.73. The number of aromatic nitrogens is 2. The van der Waals surface area contributed by atoms with Crippen molar-refractivity contribution in [3.63, 3.8) is 0 Å². The number of carbonyl (C=O) groups excluding carboxylic acids is 1. The molecule has 1 aromatic heterocycles. The Morgan fingerprint density at radius 2 is 2.18 bits per heavy atom. The van der Waals surface area contributed by atoms with E-state index in [0.29, 0.717) is 55.4 Å². The smallest absolute Gasteiger partial charge is 0.229 e. The van der Waals surface area contributed by atoms with E-state index in [4.69, 9.17) is 10.5 Å². The first kappa shape index (κ1) is 26.0. The van der Waals surface area contributed by atoms with Crippen molar-refractivity contribution in [3.05, 3.63) is 41.8 Å². The Hall–Kier alpha value is -3.22. The molecule has 2 rings (SSSR count). The van der Waals surface area contributed by atoms with Crippen LogP contribution < -0.4 is 21.7 Å². The van der Waals surface area contributed by atoms with Crippen LogP contribution in [-0.4, -0.2) is 48.7 Å². The van der Waals surface area contributed by atoms with Crippen molar-refractivity contribution in [1.29, 1.82) is 0 Å². The molecular weight excluding hydrogens is 423 g/mol. The van der Waals surface area contributed by atoms with Crippen molar-refractivity contribution >= 4 is 23.4 Å². The van der Waals surface area contributed by atoms with Crippen molar-refractivity contribution < 1.29 is 13.9 Å². The standard InChI is InChI=1S/C24H33FN6O2/c1-3-13-28-23-18(17-29-24(31-23)30-20-10-7-9-19(25)15-20)8-5-4-6-14-27-22(32)12-11-21(16-26)33-2/h7,9-10,15,17,21H,3-4,6,11-14,16,26H2,1-2H3,(H,27,32)(H2,28,29,30,31)/t21-/m1/s1. The highest BCUT2D eigenvalue weighted by Crippen LogP contribution is 2.18. The molecule has 1 aromatic carbocycles. The van der Waals surface area contributed by atoms with Crippen LogP contribution in [0.1, 0.15) is 44.6 Å². The van der Waals surface area contributed by atoms with E-state index < -0.39 is 0 Å². The molecule has 0 spiro atoms. The minimum Gasteiger partial charge on any atom is -0.380 e. The lowest BCUT2D eigenvalue weighted by Crippen LogP contribution is -2.28. The minimum atomic E-state index is -0.335. The van der Waals surface area contributed by atoms with Gasteiger partial charge in [0, 0.05) is 45.3 Å². The van der Waals surface area contributed by atoms with E-state index in [1.165, 1.54) is 12.1 Å². The molecule has 1 amide bonds. The van der Waals surface area contributed by atoms with E-state index in [0.717, 1.165) is 19.4 Å². The van der Waals surface area contributed by atoms with E-state index in [1.807, 2.05) is 0 Å². The fourth-order valence-electron chi connectivity index (χ4n) is 2.88. The molecule has 0 saturated carbocycles. The topological polar surface area (TPSA) is 114 Å². The third kappa shape index (κ3) is 9.85. The average Bonchev–Trinajstić information content (AvgIpc) is 2.81. The first-order valence-corrected chi connectivity index (χ1v) is 11.2. The highest BCUT2D eigenvalue weighted by atomic mass is 19.1. The van der Waals surface area contributed by atoms with Crippen LogP contribution in [-0.2, 0) is 9.53 Å². The Morgan fingerprint density at radius 3 is 2.91 bits per heavy atom. The van der Waals surface area contributed by atoms with Gasteiger partial charge in [-0.3, -0.25) is 4.79 Å². The summed E-state index contributed by atoms with van der Waals surface area (Å²) in [7, 11) is 1.59. The molecule has 178 valence electrons. The number of amides is 1. The molecule has 0 bridgehead atoms. The molecule has 0 aliphatic rings. The van der Waals surface area contributed by atoms with Crippen molar-refractivity contribution in [3.8, 4) is 11.8 Å². The molecule has 9 heteroatoms. The van der Waals surface area contributed by atoms with Crippen molar-refractivity contribution in [2.75, 3.05) is 37.4 Å². The molecule has 0 fully saturated rings. The average molecular weight is 457 g/mol. The van der Waals surface area contributed by atoms with E-state index in [2.05, 4.69) is 44.7 Å². The maximum absolute atomic E-state index is 13.4. The summed E-state index contributed by atoms with van der Waals surface area (Å²) in [5.41, 5.74) is 6.81. The largest absolute Gasteiger partial charge is 0.380 e. The van der Waals surface area contributed by atoms with Crippen molar-refractivity contribution in [2.24, 2.45) is 5.73 Å². The molecule has 0 unspecified atom stereocenters. The van der Waals surface area contributed by atoms with Crippen LogP contribution in [0.25, 0.3) is 0 Å². The fourth-order valence-corrected chi connectivity index (χ4v) is 2.88. The van der Waals surface area contributed by atoms with Gasteiger partial charge < -0.3 is 26.4 Å². The van der Waals surface area contributed by atoms with Gasteiger partial charge in [0.2, 0.25) is 11.9 Å². The number of anilines is 3. The van der Waals surface area contributed by atoms with Gasteiger partial charge >= 0.3 is 0 Å². The second kappa shape index (κ2) is 14.8. The zero-order valence-corrected chi connectivity index (χ0v) is 19.3. The zero-order chi connectivity index (χ0) is 23.9. The minimum absolute atomic E-state index is 0.0145. The number of rotatable bonds is 13. The normalized spacial score (nSPS) is 11.3. The first-order chi connectivity index (χ1) is 16.0. The molecule has 1 atom stereocenters. The molecule has 8 nitrogen and oxygen atoms in total. The van der Waals surface area contributed by atoms with Crippen LogP contribution >= 0.6 is 0 Å². The van der Waals surface area contributed by atoms with Crippen LogP contribution in [0.2, 0.25) is 0 Å². The number of ether oxygens (including phenoxy) is 1. The van der Waals surface area contributed by atoms with E-state index >= 15 is 0 Å². The van der Waals surface area contributed by atoms with Crippen LogP contribution in [0, 0.1) is 17.7 Å². The second-order valence-electron chi connectivity index (χ2n) is 7.41. The summed E-state index contributed by atoms with van der Waals surface area (Å²) in [6, 6.07) is 6.12. The van der Waals surface area contributed by atoms with E-state index in [-0.39, 0.29) is 17.8 Å². The monoisotopic (exact) mass is 456 g/mol. The number of hydrogen-bond donors (Lipinski definition) is 4. The summed E-state index contributed by atoms with van der Waals surface area (Å²) in [5, 5.41) is 9.14. The maximum Gasteiger partial charge on any atom is 0.229 e. The van der Waals surface area contributed by atoms with Crippen LogP contribution in [0.5, 0.6) is 0 Å². The highest BCUT2D eigenvalue weighted by Gasteiger charge is 2.08. The molecule has 0 saturated heterocycles. The van der Waals surface area contributed by atoms with Gasteiger partial charge in [-0.1, -0.05) is 24.8 Å². The van der Waals surface area contributed by atoms with E-state index in [9.17, 15) is 9.18 Å². The zero-order valence-electron chi connectivity index (χ0n) is 19.3. The van der Waals surface area contributed by atoms with Gasteiger partial charge in [0.1, 0.15) is 11.6 Å². The molecule has 33 heavy (non-hydrogen) atoms. The van der Waals surface area contributed by atoms with Gasteiger partial charge in [-0.2, -0.15) is 4.98 Å². The molecule has 1 heterocycles. The lowest BCUT2D eigenvalue weighted by atomic mass is 10.2. The number of nitrogens with zero attached hydrogens (tertiary/aromatic N) is 2. The quantitative estimate of drug-likeness (QED) is 0.270. The molecule has 2 aromatic rings. The lowest BCUT2D eigenvalue weighted by Gasteiger charge is -2.12. The van der Waals surface area contributed by atoms with Crippen LogP contribution in [0.15, 0.2) is 30.5 Å². The summed E-state index contributed by atoms with van der Waals surface area (Å²) in [6.07, 6.45) is 4.85. The summed E-state index contributed by atoms with van der Waals surface area (Å²) in [6.45, 7) is 3.76. The molecule has 0 radical (unpaired) electrons. The number of unbranched alkanes of at least 4 members (excludes halogenated alkanes) is 1. The van der Waals surface area contributed by atoms with E-state index in [1.54, 1.807) is 25.4 Å². The Bertz CT molecular complexity index is 940. The number of halogens is 1. The number of carbonyl (C=O) groups is 1. The summed E-state index contributed by atoms with van der Waals surface area (Å²) in [5.74, 6) is 6.84. The Morgan fingerprint density at radius 1 is 1.33 bits per heavy atom. The molecule has 5 N–H and O–H groups in total. The SMILES string of the molecule is CCCNc1nc(Nc2cccc(F)c2)ncc1C#CCCCNC(=O)CC[C@H](CN)OC. The third-order valence-corrected chi connectivity index (χ3v) is 4.73. The number of nitrogens with one attached hydrogen (secondary N) is 3.